The Balaban J connectivity index is 1.55. The number of amides is 2. The smallest absolute Gasteiger partial charge is 0.262 e. The summed E-state index contributed by atoms with van der Waals surface area (Å²) >= 11 is 1.41. The van der Waals surface area contributed by atoms with Gasteiger partial charge in [-0.3, -0.25) is 9.59 Å². The molecular formula is C24H23N3O4S. The molecule has 0 spiro atoms. The van der Waals surface area contributed by atoms with Crippen molar-refractivity contribution in [1.29, 1.82) is 0 Å². The van der Waals surface area contributed by atoms with E-state index in [-0.39, 0.29) is 24.5 Å². The van der Waals surface area contributed by atoms with E-state index in [1.54, 1.807) is 48.5 Å². The van der Waals surface area contributed by atoms with Crippen molar-refractivity contribution in [3.8, 4) is 11.5 Å². The average molecular weight is 450 g/mol. The average Bonchev–Trinajstić information content (AvgIpc) is 2.91. The van der Waals surface area contributed by atoms with Gasteiger partial charge < -0.3 is 19.7 Å². The molecule has 1 N–H and O–H groups in total. The van der Waals surface area contributed by atoms with Crippen LogP contribution in [0.15, 0.2) is 70.7 Å². The van der Waals surface area contributed by atoms with Crippen LogP contribution in [0, 0.1) is 0 Å². The zero-order valence-corrected chi connectivity index (χ0v) is 18.8. The van der Waals surface area contributed by atoms with Gasteiger partial charge in [-0.1, -0.05) is 23.9 Å². The molecule has 0 saturated heterocycles. The fourth-order valence-electron chi connectivity index (χ4n) is 3.44. The number of pyridine rings is 1. The summed E-state index contributed by atoms with van der Waals surface area (Å²) in [4.78, 5) is 32.6. The van der Waals surface area contributed by atoms with Gasteiger partial charge in [0, 0.05) is 22.8 Å². The minimum absolute atomic E-state index is 0.0392. The Labute approximate surface area is 190 Å². The molecule has 2 aromatic carbocycles. The third-order valence-electron chi connectivity index (χ3n) is 4.87. The number of aromatic nitrogens is 1. The molecule has 164 valence electrons. The summed E-state index contributed by atoms with van der Waals surface area (Å²) in [6.07, 6.45) is 1.67. The topological polar surface area (TPSA) is 80.8 Å². The Morgan fingerprint density at radius 2 is 1.91 bits per heavy atom. The fraction of sp³-hybridized carbons (Fsp3) is 0.208. The van der Waals surface area contributed by atoms with Gasteiger partial charge in [-0.25, -0.2) is 4.98 Å². The highest BCUT2D eigenvalue weighted by atomic mass is 32.2. The van der Waals surface area contributed by atoms with Crippen LogP contribution in [0.3, 0.4) is 0 Å². The molecule has 2 heterocycles. The van der Waals surface area contributed by atoms with Crippen LogP contribution in [0.25, 0.3) is 0 Å². The molecule has 1 aliphatic heterocycles. The van der Waals surface area contributed by atoms with Crippen LogP contribution in [0.5, 0.6) is 11.5 Å². The predicted octanol–water partition coefficient (Wildman–Crippen LogP) is 4.63. The molecule has 3 aromatic rings. The summed E-state index contributed by atoms with van der Waals surface area (Å²) in [6.45, 7) is 3.78. The molecule has 0 saturated carbocycles. The van der Waals surface area contributed by atoms with Gasteiger partial charge in [0.25, 0.3) is 11.8 Å². The number of carbonyl (C=O) groups excluding carboxylic acids is 2. The molecule has 0 unspecified atom stereocenters. The van der Waals surface area contributed by atoms with E-state index in [1.807, 2.05) is 38.1 Å². The molecule has 0 bridgehead atoms. The Morgan fingerprint density at radius 1 is 1.12 bits per heavy atom. The number of hydrogen-bond acceptors (Lipinski definition) is 6. The summed E-state index contributed by atoms with van der Waals surface area (Å²) in [5.74, 6) is 0.670. The van der Waals surface area contributed by atoms with Gasteiger partial charge in [-0.05, 0) is 56.3 Å². The number of carbonyl (C=O) groups is 2. The second kappa shape index (κ2) is 9.32. The summed E-state index contributed by atoms with van der Waals surface area (Å²) in [6, 6.07) is 16.2. The molecule has 8 heteroatoms. The lowest BCUT2D eigenvalue weighted by atomic mass is 10.1. The fourth-order valence-corrected chi connectivity index (χ4v) is 4.49. The molecule has 0 radical (unpaired) electrons. The van der Waals surface area contributed by atoms with Crippen molar-refractivity contribution in [2.24, 2.45) is 0 Å². The van der Waals surface area contributed by atoms with E-state index in [0.29, 0.717) is 27.8 Å². The summed E-state index contributed by atoms with van der Waals surface area (Å²) in [5.41, 5.74) is 1.97. The van der Waals surface area contributed by atoms with Crippen LogP contribution in [0.2, 0.25) is 0 Å². The van der Waals surface area contributed by atoms with Crippen molar-refractivity contribution in [3.05, 3.63) is 66.4 Å². The van der Waals surface area contributed by atoms with Crippen LogP contribution >= 0.6 is 11.8 Å². The summed E-state index contributed by atoms with van der Waals surface area (Å²) < 4.78 is 10.8. The maximum atomic E-state index is 13.2. The van der Waals surface area contributed by atoms with E-state index in [1.165, 1.54) is 11.8 Å². The van der Waals surface area contributed by atoms with Gasteiger partial charge in [0.15, 0.2) is 18.1 Å². The van der Waals surface area contributed by atoms with E-state index in [4.69, 9.17) is 9.47 Å². The number of ether oxygens (including phenoxy) is 2. The number of hydrogen-bond donors (Lipinski definition) is 1. The number of methoxy groups -OCH3 is 1. The monoisotopic (exact) mass is 449 g/mol. The quantitative estimate of drug-likeness (QED) is 0.591. The summed E-state index contributed by atoms with van der Waals surface area (Å²) in [5, 5.41) is 3.50. The first-order chi connectivity index (χ1) is 15.5. The van der Waals surface area contributed by atoms with Crippen molar-refractivity contribution in [1.82, 2.24) is 4.98 Å². The second-order valence-corrected chi connectivity index (χ2v) is 8.43. The van der Waals surface area contributed by atoms with Gasteiger partial charge in [0.05, 0.1) is 18.4 Å². The third kappa shape index (κ3) is 4.40. The van der Waals surface area contributed by atoms with E-state index < -0.39 is 0 Å². The highest BCUT2D eigenvalue weighted by Gasteiger charge is 2.30. The number of anilines is 2. The first kappa shape index (κ1) is 21.7. The summed E-state index contributed by atoms with van der Waals surface area (Å²) in [7, 11) is 1.55. The van der Waals surface area contributed by atoms with Gasteiger partial charge in [-0.15, -0.1) is 0 Å². The number of nitrogens with one attached hydrogen (secondary N) is 1. The standard InChI is InChI=1S/C24H23N3O4S/c1-15(2)27-18-11-10-16(13-21(18)32-23-17(24(27)29)7-6-12-25-23)26-22(28)14-31-20-9-5-4-8-19(20)30-3/h4-13,15H,14H2,1-3H3,(H,26,28). The molecule has 0 atom stereocenters. The molecule has 1 aromatic heterocycles. The SMILES string of the molecule is COc1ccccc1OCC(=O)Nc1ccc2c(c1)Sc1ncccc1C(=O)N2C(C)C. The van der Waals surface area contributed by atoms with Crippen LogP contribution < -0.4 is 19.7 Å². The maximum Gasteiger partial charge on any atom is 0.262 e. The van der Waals surface area contributed by atoms with Crippen LogP contribution in [0.1, 0.15) is 24.2 Å². The van der Waals surface area contributed by atoms with Crippen molar-refractivity contribution < 1.29 is 19.1 Å². The minimum Gasteiger partial charge on any atom is -0.493 e. The lowest BCUT2D eigenvalue weighted by molar-refractivity contribution is -0.118. The van der Waals surface area contributed by atoms with Crippen molar-refractivity contribution >= 4 is 35.0 Å². The largest absolute Gasteiger partial charge is 0.493 e. The van der Waals surface area contributed by atoms with Gasteiger partial charge in [0.1, 0.15) is 5.03 Å². The molecule has 0 aliphatic carbocycles. The molecule has 32 heavy (non-hydrogen) atoms. The van der Waals surface area contributed by atoms with E-state index >= 15 is 0 Å². The molecule has 7 nitrogen and oxygen atoms in total. The molecule has 4 rings (SSSR count). The lowest BCUT2D eigenvalue weighted by Crippen LogP contribution is -2.37. The molecule has 0 fully saturated rings. The van der Waals surface area contributed by atoms with Crippen LogP contribution in [0.4, 0.5) is 11.4 Å². The number of rotatable bonds is 6. The second-order valence-electron chi connectivity index (χ2n) is 7.40. The Kier molecular flexibility index (Phi) is 6.32. The van der Waals surface area contributed by atoms with E-state index in [9.17, 15) is 9.59 Å². The van der Waals surface area contributed by atoms with Crippen molar-refractivity contribution in [2.45, 2.75) is 29.8 Å². The van der Waals surface area contributed by atoms with Gasteiger partial charge in [-0.2, -0.15) is 0 Å². The third-order valence-corrected chi connectivity index (χ3v) is 5.94. The van der Waals surface area contributed by atoms with Gasteiger partial charge in [0.2, 0.25) is 0 Å². The van der Waals surface area contributed by atoms with Crippen molar-refractivity contribution in [3.63, 3.8) is 0 Å². The number of nitrogens with zero attached hydrogens (tertiary/aromatic N) is 2. The molecule has 1 aliphatic rings. The normalized spacial score (nSPS) is 12.6. The Hall–Kier alpha value is -3.52. The highest BCUT2D eigenvalue weighted by Crippen LogP contribution is 2.42. The number of para-hydroxylation sites is 2. The van der Waals surface area contributed by atoms with E-state index in [0.717, 1.165) is 10.6 Å². The zero-order valence-electron chi connectivity index (χ0n) is 18.0. The van der Waals surface area contributed by atoms with Crippen LogP contribution in [-0.2, 0) is 4.79 Å². The predicted molar refractivity (Wildman–Crippen MR) is 124 cm³/mol. The first-order valence-corrected chi connectivity index (χ1v) is 11.0. The van der Waals surface area contributed by atoms with Crippen LogP contribution in [-0.4, -0.2) is 36.6 Å². The lowest BCUT2D eigenvalue weighted by Gasteiger charge is -2.27. The Morgan fingerprint density at radius 3 is 2.66 bits per heavy atom. The molecular weight excluding hydrogens is 426 g/mol. The Bertz CT molecular complexity index is 1170. The minimum atomic E-state index is -0.301. The zero-order chi connectivity index (χ0) is 22.7. The molecule has 2 amide bonds. The number of fused-ring (bicyclic) bond motifs is 2. The number of benzene rings is 2. The van der Waals surface area contributed by atoms with E-state index in [2.05, 4.69) is 10.3 Å². The first-order valence-electron chi connectivity index (χ1n) is 10.1. The highest BCUT2D eigenvalue weighted by molar-refractivity contribution is 7.99. The maximum absolute atomic E-state index is 13.2. The van der Waals surface area contributed by atoms with Crippen molar-refractivity contribution in [2.75, 3.05) is 23.9 Å². The van der Waals surface area contributed by atoms with Gasteiger partial charge >= 0.3 is 0 Å².